The van der Waals surface area contributed by atoms with E-state index in [9.17, 15) is 10.1 Å². The van der Waals surface area contributed by atoms with Crippen LogP contribution in [0.5, 0.6) is 0 Å². The molecule has 0 saturated carbocycles. The van der Waals surface area contributed by atoms with E-state index in [1.54, 1.807) is 30.9 Å². The number of alkyl halides is 1. The largest absolute Gasteiger partial charge is 0.278 e. The highest BCUT2D eigenvalue weighted by Crippen LogP contribution is 2.24. The minimum absolute atomic E-state index is 0.120. The Balaban J connectivity index is 2.35. The van der Waals surface area contributed by atoms with E-state index >= 15 is 0 Å². The monoisotopic (exact) mass is 280 g/mol. The lowest BCUT2D eigenvalue weighted by Crippen LogP contribution is -2.07. The van der Waals surface area contributed by atoms with Crippen LogP contribution >= 0.6 is 11.6 Å². The minimum atomic E-state index is -0.372. The molecule has 0 bridgehead atoms. The lowest BCUT2D eigenvalue weighted by Gasteiger charge is -2.07. The number of halogens is 1. The molecule has 0 radical (unpaired) electrons. The summed E-state index contributed by atoms with van der Waals surface area (Å²) in [6, 6.07) is 0. The van der Waals surface area contributed by atoms with Crippen LogP contribution in [0.1, 0.15) is 22.4 Å². The van der Waals surface area contributed by atoms with Crippen molar-refractivity contribution in [3.05, 3.63) is 51.1 Å². The first-order valence-corrected chi connectivity index (χ1v) is 6.23. The summed E-state index contributed by atoms with van der Waals surface area (Å²) in [5, 5.41) is 15.2. The maximum Gasteiger partial charge on any atom is 0.278 e. The maximum absolute atomic E-state index is 11.0. The summed E-state index contributed by atoms with van der Waals surface area (Å²) in [6.45, 7) is 3.78. The number of aromatic nitrogens is 3. The fourth-order valence-electron chi connectivity index (χ4n) is 1.92. The van der Waals surface area contributed by atoms with Gasteiger partial charge in [0, 0.05) is 23.5 Å². The van der Waals surface area contributed by atoms with Gasteiger partial charge in [-0.05, 0) is 13.8 Å². The van der Waals surface area contributed by atoms with Gasteiger partial charge >= 0.3 is 0 Å². The molecule has 19 heavy (non-hydrogen) atoms. The molecule has 0 aromatic carbocycles. The molecular weight excluding hydrogens is 268 g/mol. The average Bonchev–Trinajstić information content (AvgIpc) is 2.80. The van der Waals surface area contributed by atoms with Gasteiger partial charge in [0.05, 0.1) is 34.8 Å². The summed E-state index contributed by atoms with van der Waals surface area (Å²) in [6.07, 6.45) is 5.00. The van der Waals surface area contributed by atoms with Gasteiger partial charge in [-0.1, -0.05) is 0 Å². The van der Waals surface area contributed by atoms with Crippen LogP contribution in [0.2, 0.25) is 0 Å². The number of nitrogens with zero attached hydrogens (tertiary/aromatic N) is 4. The molecule has 2 aromatic rings. The fraction of sp³-hybridized carbons (Fsp3) is 0.333. The highest BCUT2D eigenvalue weighted by atomic mass is 35.5. The molecule has 0 fully saturated rings. The lowest BCUT2D eigenvalue weighted by atomic mass is 10.1. The number of aryl methyl sites for hydroxylation is 1. The number of pyridine rings is 1. The second-order valence-electron chi connectivity index (χ2n) is 4.30. The second-order valence-corrected chi connectivity index (χ2v) is 4.57. The Kier molecular flexibility index (Phi) is 3.80. The predicted octanol–water partition coefficient (Wildman–Crippen LogP) is 2.59. The van der Waals surface area contributed by atoms with Gasteiger partial charge in [-0.25, -0.2) is 0 Å². The van der Waals surface area contributed by atoms with Gasteiger partial charge in [-0.3, -0.25) is 19.8 Å². The third kappa shape index (κ3) is 2.73. The van der Waals surface area contributed by atoms with Crippen molar-refractivity contribution >= 4 is 17.3 Å². The van der Waals surface area contributed by atoms with Crippen molar-refractivity contribution in [1.29, 1.82) is 0 Å². The van der Waals surface area contributed by atoms with Crippen LogP contribution < -0.4 is 0 Å². The molecule has 6 nitrogen and oxygen atoms in total. The molecule has 7 heteroatoms. The summed E-state index contributed by atoms with van der Waals surface area (Å²) in [4.78, 5) is 14.9. The zero-order chi connectivity index (χ0) is 14.0. The van der Waals surface area contributed by atoms with Gasteiger partial charge in [0.2, 0.25) is 0 Å². The number of nitro groups is 1. The highest BCUT2D eigenvalue weighted by Gasteiger charge is 2.18. The van der Waals surface area contributed by atoms with E-state index < -0.39 is 0 Å². The molecule has 0 unspecified atom stereocenters. The smallest absolute Gasteiger partial charge is 0.266 e. The average molecular weight is 281 g/mol. The molecule has 0 atom stereocenters. The van der Waals surface area contributed by atoms with Crippen molar-refractivity contribution < 1.29 is 4.92 Å². The first-order chi connectivity index (χ1) is 9.02. The molecule has 2 heterocycles. The van der Waals surface area contributed by atoms with E-state index in [-0.39, 0.29) is 10.6 Å². The molecule has 100 valence electrons. The maximum atomic E-state index is 11.0. The zero-order valence-corrected chi connectivity index (χ0v) is 11.4. The third-order valence-corrected chi connectivity index (χ3v) is 3.22. The molecule has 0 aliphatic rings. The van der Waals surface area contributed by atoms with Crippen molar-refractivity contribution in [2.24, 2.45) is 0 Å². The second kappa shape index (κ2) is 5.36. The Hall–Kier alpha value is -1.95. The van der Waals surface area contributed by atoms with E-state index in [2.05, 4.69) is 10.1 Å². The first-order valence-electron chi connectivity index (χ1n) is 5.69. The van der Waals surface area contributed by atoms with Gasteiger partial charge in [0.15, 0.2) is 0 Å². The van der Waals surface area contributed by atoms with E-state index in [0.717, 1.165) is 5.56 Å². The van der Waals surface area contributed by atoms with Gasteiger partial charge in [-0.15, -0.1) is 11.6 Å². The quantitative estimate of drug-likeness (QED) is 0.490. The number of hydrogen-bond acceptors (Lipinski definition) is 4. The van der Waals surface area contributed by atoms with Crippen LogP contribution in [0.4, 0.5) is 5.69 Å². The van der Waals surface area contributed by atoms with Gasteiger partial charge in [-0.2, -0.15) is 5.10 Å². The predicted molar refractivity (Wildman–Crippen MR) is 71.3 cm³/mol. The van der Waals surface area contributed by atoms with Crippen LogP contribution in [-0.4, -0.2) is 19.7 Å². The highest BCUT2D eigenvalue weighted by molar-refractivity contribution is 6.17. The molecule has 0 N–H and O–H groups in total. The topological polar surface area (TPSA) is 73.8 Å². The third-order valence-electron chi connectivity index (χ3n) is 2.91. The Morgan fingerprint density at radius 1 is 1.42 bits per heavy atom. The minimum Gasteiger partial charge on any atom is -0.266 e. The Morgan fingerprint density at radius 2 is 2.16 bits per heavy atom. The van der Waals surface area contributed by atoms with Gasteiger partial charge in [0.1, 0.15) is 0 Å². The Bertz CT molecular complexity index is 624. The van der Waals surface area contributed by atoms with Crippen LogP contribution in [0, 0.1) is 24.0 Å². The normalized spacial score (nSPS) is 10.7. The Labute approximate surface area is 115 Å². The summed E-state index contributed by atoms with van der Waals surface area (Å²) in [5.41, 5.74) is 2.80. The molecular formula is C12H13ClN4O2. The molecule has 0 spiro atoms. The van der Waals surface area contributed by atoms with Crippen molar-refractivity contribution in [3.63, 3.8) is 0 Å². The summed E-state index contributed by atoms with van der Waals surface area (Å²) in [7, 11) is 0. The molecule has 2 rings (SSSR count). The van der Waals surface area contributed by atoms with Crippen LogP contribution in [-0.2, 0) is 12.4 Å². The molecule has 0 aliphatic carbocycles. The van der Waals surface area contributed by atoms with Crippen molar-refractivity contribution in [2.75, 3.05) is 0 Å². The fourth-order valence-corrected chi connectivity index (χ4v) is 2.06. The van der Waals surface area contributed by atoms with Crippen molar-refractivity contribution in [2.45, 2.75) is 26.3 Å². The molecule has 2 aromatic heterocycles. The summed E-state index contributed by atoms with van der Waals surface area (Å²) >= 11 is 5.70. The first kappa shape index (κ1) is 13.5. The number of hydrogen-bond donors (Lipinski definition) is 0. The van der Waals surface area contributed by atoms with Gasteiger partial charge < -0.3 is 0 Å². The van der Waals surface area contributed by atoms with Crippen LogP contribution in [0.15, 0.2) is 18.6 Å². The van der Waals surface area contributed by atoms with E-state index in [0.29, 0.717) is 29.2 Å². The number of rotatable bonds is 4. The van der Waals surface area contributed by atoms with Crippen molar-refractivity contribution in [1.82, 2.24) is 14.8 Å². The lowest BCUT2D eigenvalue weighted by molar-refractivity contribution is -0.386. The molecule has 0 saturated heterocycles. The molecule has 0 aliphatic heterocycles. The standard InChI is InChI=1S/C12H13ClN4O2/c1-8-4-14-11(9(2)12(8)17(18)19)7-16-6-10(3-13)5-15-16/h4-6H,3,7H2,1-2H3. The zero-order valence-electron chi connectivity index (χ0n) is 10.6. The van der Waals surface area contributed by atoms with Crippen LogP contribution in [0.3, 0.4) is 0 Å². The van der Waals surface area contributed by atoms with Gasteiger partial charge in [0.25, 0.3) is 5.69 Å². The molecule has 0 amide bonds. The summed E-state index contributed by atoms with van der Waals surface area (Å²) < 4.78 is 1.67. The van der Waals surface area contributed by atoms with Crippen LogP contribution in [0.25, 0.3) is 0 Å². The van der Waals surface area contributed by atoms with E-state index in [1.165, 1.54) is 6.20 Å². The Morgan fingerprint density at radius 3 is 2.74 bits per heavy atom. The SMILES string of the molecule is Cc1cnc(Cn2cc(CCl)cn2)c(C)c1[N+](=O)[O-]. The van der Waals surface area contributed by atoms with Crippen molar-refractivity contribution in [3.8, 4) is 0 Å². The van der Waals surface area contributed by atoms with E-state index in [1.807, 2.05) is 0 Å². The van der Waals surface area contributed by atoms with E-state index in [4.69, 9.17) is 11.6 Å². The summed E-state index contributed by atoms with van der Waals surface area (Å²) in [5.74, 6) is 0.389.